The third-order valence-electron chi connectivity index (χ3n) is 4.87. The van der Waals surface area contributed by atoms with Crippen molar-refractivity contribution in [2.75, 3.05) is 5.75 Å². The molecule has 164 valence electrons. The fourth-order valence-electron chi connectivity index (χ4n) is 3.14. The van der Waals surface area contributed by atoms with Crippen LogP contribution in [0.3, 0.4) is 0 Å². The Bertz CT molecular complexity index is 1220. The lowest BCUT2D eigenvalue weighted by Crippen LogP contribution is -2.24. The van der Waals surface area contributed by atoms with E-state index in [1.807, 2.05) is 73.9 Å². The first-order valence-corrected chi connectivity index (χ1v) is 11.3. The highest BCUT2D eigenvalue weighted by Crippen LogP contribution is 2.25. The predicted molar refractivity (Wildman–Crippen MR) is 123 cm³/mol. The SMILES string of the molecule is CCn1c(SCC(=O)NCc2ccc(C)cc2)nnc1-c1nc(-c2cccc(C)c2)no1. The van der Waals surface area contributed by atoms with Gasteiger partial charge in [0.1, 0.15) is 0 Å². The number of benzene rings is 2. The van der Waals surface area contributed by atoms with E-state index in [1.165, 1.54) is 17.3 Å². The van der Waals surface area contributed by atoms with Gasteiger partial charge in [-0.3, -0.25) is 9.36 Å². The highest BCUT2D eigenvalue weighted by atomic mass is 32.2. The molecule has 0 aliphatic rings. The summed E-state index contributed by atoms with van der Waals surface area (Å²) in [4.78, 5) is 16.8. The van der Waals surface area contributed by atoms with Crippen molar-refractivity contribution in [2.24, 2.45) is 0 Å². The Kier molecular flexibility index (Phi) is 6.65. The van der Waals surface area contributed by atoms with Crippen molar-refractivity contribution in [3.63, 3.8) is 0 Å². The third-order valence-corrected chi connectivity index (χ3v) is 5.84. The summed E-state index contributed by atoms with van der Waals surface area (Å²) < 4.78 is 7.32. The van der Waals surface area contributed by atoms with Gasteiger partial charge in [0.15, 0.2) is 5.16 Å². The number of amides is 1. The van der Waals surface area contributed by atoms with Gasteiger partial charge in [-0.15, -0.1) is 10.2 Å². The zero-order valence-electron chi connectivity index (χ0n) is 18.2. The van der Waals surface area contributed by atoms with Crippen LogP contribution in [-0.2, 0) is 17.9 Å². The van der Waals surface area contributed by atoms with Gasteiger partial charge in [-0.05, 0) is 32.4 Å². The minimum atomic E-state index is -0.0673. The normalized spacial score (nSPS) is 11.0. The van der Waals surface area contributed by atoms with Crippen molar-refractivity contribution >= 4 is 17.7 Å². The summed E-state index contributed by atoms with van der Waals surface area (Å²) in [5.74, 6) is 1.46. The number of carbonyl (C=O) groups excluding carboxylic acids is 1. The summed E-state index contributed by atoms with van der Waals surface area (Å²) in [7, 11) is 0. The van der Waals surface area contributed by atoms with Gasteiger partial charge >= 0.3 is 0 Å². The summed E-state index contributed by atoms with van der Waals surface area (Å²) in [6.07, 6.45) is 0. The molecule has 1 amide bonds. The van der Waals surface area contributed by atoms with Crippen LogP contribution in [0.5, 0.6) is 0 Å². The molecule has 0 atom stereocenters. The fraction of sp³-hybridized carbons (Fsp3) is 0.261. The van der Waals surface area contributed by atoms with Crippen LogP contribution < -0.4 is 5.32 Å². The monoisotopic (exact) mass is 448 g/mol. The number of carbonyl (C=O) groups is 1. The number of aromatic nitrogens is 5. The average Bonchev–Trinajstić information content (AvgIpc) is 3.44. The number of aryl methyl sites for hydroxylation is 2. The molecule has 0 bridgehead atoms. The minimum Gasteiger partial charge on any atom is -0.351 e. The van der Waals surface area contributed by atoms with Gasteiger partial charge < -0.3 is 9.84 Å². The second-order valence-electron chi connectivity index (χ2n) is 7.39. The summed E-state index contributed by atoms with van der Waals surface area (Å²) >= 11 is 1.33. The van der Waals surface area contributed by atoms with Crippen LogP contribution in [0.2, 0.25) is 0 Å². The largest absolute Gasteiger partial charge is 0.351 e. The molecule has 0 unspecified atom stereocenters. The second-order valence-corrected chi connectivity index (χ2v) is 8.34. The van der Waals surface area contributed by atoms with Gasteiger partial charge in [0.25, 0.3) is 5.89 Å². The molecule has 8 nitrogen and oxygen atoms in total. The lowest BCUT2D eigenvalue weighted by molar-refractivity contribution is -0.118. The van der Waals surface area contributed by atoms with E-state index in [9.17, 15) is 4.79 Å². The Morgan fingerprint density at radius 1 is 1.09 bits per heavy atom. The number of thioether (sulfide) groups is 1. The Morgan fingerprint density at radius 2 is 1.91 bits per heavy atom. The van der Waals surface area contributed by atoms with Crippen molar-refractivity contribution in [1.82, 2.24) is 30.2 Å². The highest BCUT2D eigenvalue weighted by molar-refractivity contribution is 7.99. The molecule has 9 heteroatoms. The van der Waals surface area contributed by atoms with Crippen molar-refractivity contribution in [3.8, 4) is 23.1 Å². The maximum Gasteiger partial charge on any atom is 0.296 e. The Labute approximate surface area is 190 Å². The Balaban J connectivity index is 1.41. The molecule has 0 spiro atoms. The summed E-state index contributed by atoms with van der Waals surface area (Å²) in [6, 6.07) is 16.0. The molecule has 0 aliphatic carbocycles. The molecular weight excluding hydrogens is 424 g/mol. The number of nitrogens with one attached hydrogen (secondary N) is 1. The van der Waals surface area contributed by atoms with Crippen LogP contribution in [0.25, 0.3) is 23.1 Å². The van der Waals surface area contributed by atoms with E-state index in [2.05, 4.69) is 25.7 Å². The van der Waals surface area contributed by atoms with Crippen LogP contribution in [-0.4, -0.2) is 36.6 Å². The van der Waals surface area contributed by atoms with Gasteiger partial charge in [-0.25, -0.2) is 0 Å². The lowest BCUT2D eigenvalue weighted by atomic mass is 10.1. The molecule has 0 saturated carbocycles. The highest BCUT2D eigenvalue weighted by Gasteiger charge is 2.20. The van der Waals surface area contributed by atoms with Gasteiger partial charge in [0.2, 0.25) is 17.6 Å². The molecule has 0 radical (unpaired) electrons. The van der Waals surface area contributed by atoms with Crippen LogP contribution in [0.15, 0.2) is 58.2 Å². The minimum absolute atomic E-state index is 0.0673. The topological polar surface area (TPSA) is 98.7 Å². The Morgan fingerprint density at radius 3 is 2.66 bits per heavy atom. The van der Waals surface area contributed by atoms with Crippen molar-refractivity contribution in [3.05, 3.63) is 65.2 Å². The molecule has 4 aromatic rings. The molecular formula is C23H24N6O2S. The van der Waals surface area contributed by atoms with Crippen LogP contribution in [0.1, 0.15) is 23.6 Å². The fourth-order valence-corrected chi connectivity index (χ4v) is 3.97. The van der Waals surface area contributed by atoms with Crippen LogP contribution in [0.4, 0.5) is 0 Å². The summed E-state index contributed by atoms with van der Waals surface area (Å²) in [6.45, 7) is 7.13. The predicted octanol–water partition coefficient (Wildman–Crippen LogP) is 4.04. The lowest BCUT2D eigenvalue weighted by Gasteiger charge is -2.07. The maximum absolute atomic E-state index is 12.3. The zero-order valence-corrected chi connectivity index (χ0v) is 19.0. The first-order chi connectivity index (χ1) is 15.5. The average molecular weight is 449 g/mol. The molecule has 4 rings (SSSR count). The quantitative estimate of drug-likeness (QED) is 0.406. The van der Waals surface area contributed by atoms with E-state index in [0.29, 0.717) is 35.8 Å². The summed E-state index contributed by atoms with van der Waals surface area (Å²) in [5, 5.41) is 16.1. The van der Waals surface area contributed by atoms with E-state index in [0.717, 1.165) is 16.7 Å². The molecule has 2 aromatic carbocycles. The zero-order chi connectivity index (χ0) is 22.5. The third kappa shape index (κ3) is 5.05. The molecule has 0 aliphatic heterocycles. The van der Waals surface area contributed by atoms with Crippen molar-refractivity contribution < 1.29 is 9.32 Å². The van der Waals surface area contributed by atoms with E-state index in [4.69, 9.17) is 4.52 Å². The second kappa shape index (κ2) is 9.78. The van der Waals surface area contributed by atoms with Gasteiger partial charge in [0.05, 0.1) is 5.75 Å². The smallest absolute Gasteiger partial charge is 0.296 e. The molecule has 2 aromatic heterocycles. The van der Waals surface area contributed by atoms with Gasteiger partial charge in [-0.2, -0.15) is 4.98 Å². The van der Waals surface area contributed by atoms with Crippen molar-refractivity contribution in [2.45, 2.75) is 39.0 Å². The molecule has 0 fully saturated rings. The molecule has 1 N–H and O–H groups in total. The molecule has 2 heterocycles. The van der Waals surface area contributed by atoms with Gasteiger partial charge in [0, 0.05) is 18.7 Å². The van der Waals surface area contributed by atoms with E-state index < -0.39 is 0 Å². The molecule has 32 heavy (non-hydrogen) atoms. The van der Waals surface area contributed by atoms with Crippen LogP contribution >= 0.6 is 11.8 Å². The first-order valence-electron chi connectivity index (χ1n) is 10.3. The van der Waals surface area contributed by atoms with Gasteiger partial charge in [-0.1, -0.05) is 70.5 Å². The van der Waals surface area contributed by atoms with Crippen molar-refractivity contribution in [1.29, 1.82) is 0 Å². The Hall–Kier alpha value is -3.46. The van der Waals surface area contributed by atoms with E-state index in [1.54, 1.807) is 0 Å². The number of hydrogen-bond donors (Lipinski definition) is 1. The number of rotatable bonds is 8. The number of nitrogens with zero attached hydrogens (tertiary/aromatic N) is 5. The van der Waals surface area contributed by atoms with E-state index >= 15 is 0 Å². The number of hydrogen-bond acceptors (Lipinski definition) is 7. The maximum atomic E-state index is 12.3. The van der Waals surface area contributed by atoms with E-state index in [-0.39, 0.29) is 11.7 Å². The standard InChI is InChI=1S/C23H24N6O2S/c1-4-29-21(22-25-20(28-31-22)18-7-5-6-16(3)12-18)26-27-23(29)32-14-19(30)24-13-17-10-8-15(2)9-11-17/h5-12H,4,13-14H2,1-3H3,(H,24,30). The first kappa shape index (κ1) is 21.8. The summed E-state index contributed by atoms with van der Waals surface area (Å²) in [5.41, 5.74) is 4.25. The molecule has 0 saturated heterocycles. The van der Waals surface area contributed by atoms with Crippen LogP contribution in [0, 0.1) is 13.8 Å².